The van der Waals surface area contributed by atoms with Gasteiger partial charge in [-0.25, -0.2) is 8.42 Å². The van der Waals surface area contributed by atoms with Crippen molar-refractivity contribution >= 4 is 15.7 Å². The Kier molecular flexibility index (Phi) is 5.49. The second-order valence-corrected chi connectivity index (χ2v) is 9.30. The second kappa shape index (κ2) is 7.46. The van der Waals surface area contributed by atoms with E-state index in [0.717, 1.165) is 19.3 Å². The predicted octanol–water partition coefficient (Wildman–Crippen LogP) is 2.90. The zero-order chi connectivity index (χ0) is 18.0. The van der Waals surface area contributed by atoms with Gasteiger partial charge in [0.2, 0.25) is 0 Å². The first-order chi connectivity index (χ1) is 11.9. The summed E-state index contributed by atoms with van der Waals surface area (Å²) in [4.78, 5) is 15.0. The molecule has 1 saturated heterocycles. The maximum absolute atomic E-state index is 12.9. The molecule has 5 nitrogen and oxygen atoms in total. The summed E-state index contributed by atoms with van der Waals surface area (Å²) in [5.74, 6) is 0.558. The highest BCUT2D eigenvalue weighted by Crippen LogP contribution is 2.37. The van der Waals surface area contributed by atoms with Crippen molar-refractivity contribution in [1.82, 2.24) is 4.90 Å². The Balaban J connectivity index is 1.72. The van der Waals surface area contributed by atoms with E-state index in [1.54, 1.807) is 12.1 Å². The van der Waals surface area contributed by atoms with Crippen LogP contribution in [0.3, 0.4) is 0 Å². The lowest BCUT2D eigenvalue weighted by Gasteiger charge is -2.38. The molecule has 3 rings (SSSR count). The van der Waals surface area contributed by atoms with Crippen molar-refractivity contribution in [3.63, 3.8) is 0 Å². The maximum atomic E-state index is 12.9. The molecule has 1 aromatic rings. The number of carbonyl (C=O) groups is 1. The van der Waals surface area contributed by atoms with Crippen LogP contribution in [0.25, 0.3) is 0 Å². The monoisotopic (exact) mass is 365 g/mol. The van der Waals surface area contributed by atoms with E-state index in [9.17, 15) is 13.2 Å². The highest BCUT2D eigenvalue weighted by atomic mass is 32.2. The molecule has 0 bridgehead atoms. The fourth-order valence-electron chi connectivity index (χ4n) is 3.38. The normalized spacial score (nSPS) is 24.3. The maximum Gasteiger partial charge on any atom is 0.254 e. The number of nitrogens with zero attached hydrogens (tertiary/aromatic N) is 1. The number of hydrogen-bond acceptors (Lipinski definition) is 4. The highest BCUT2D eigenvalue weighted by molar-refractivity contribution is 7.90. The molecule has 2 fully saturated rings. The molecule has 0 spiro atoms. The first kappa shape index (κ1) is 18.4. The molecule has 0 unspecified atom stereocenters. The number of benzene rings is 1. The van der Waals surface area contributed by atoms with Crippen molar-refractivity contribution in [3.05, 3.63) is 29.8 Å². The van der Waals surface area contributed by atoms with Crippen LogP contribution in [0.4, 0.5) is 0 Å². The quantitative estimate of drug-likeness (QED) is 0.778. The molecule has 1 aliphatic heterocycles. The van der Waals surface area contributed by atoms with Gasteiger partial charge in [-0.3, -0.25) is 4.79 Å². The molecule has 1 aromatic carbocycles. The summed E-state index contributed by atoms with van der Waals surface area (Å²) in [6.45, 7) is 3.42. The van der Waals surface area contributed by atoms with E-state index in [1.807, 2.05) is 4.90 Å². The van der Waals surface area contributed by atoms with Crippen LogP contribution in [0, 0.1) is 5.92 Å². The lowest BCUT2D eigenvalue weighted by molar-refractivity contribution is -0.0874. The van der Waals surface area contributed by atoms with Gasteiger partial charge >= 0.3 is 0 Å². The summed E-state index contributed by atoms with van der Waals surface area (Å²) in [6.07, 6.45) is 7.02. The molecule has 2 aliphatic rings. The smallest absolute Gasteiger partial charge is 0.254 e. The summed E-state index contributed by atoms with van der Waals surface area (Å²) >= 11 is 0. The first-order valence-electron chi connectivity index (χ1n) is 9.13. The minimum atomic E-state index is -3.25. The molecule has 1 amide bonds. The van der Waals surface area contributed by atoms with Crippen LogP contribution >= 0.6 is 0 Å². The second-order valence-electron chi connectivity index (χ2n) is 7.28. The van der Waals surface area contributed by atoms with Crippen molar-refractivity contribution in [2.45, 2.75) is 56.1 Å². The largest absolute Gasteiger partial charge is 0.371 e. The molecule has 2 atom stereocenters. The third-order valence-electron chi connectivity index (χ3n) is 5.04. The van der Waals surface area contributed by atoms with E-state index in [1.165, 1.54) is 31.2 Å². The first-order valence-corrected chi connectivity index (χ1v) is 11.0. The Labute approximate surface area is 150 Å². The van der Waals surface area contributed by atoms with Crippen LogP contribution in [0.15, 0.2) is 29.2 Å². The van der Waals surface area contributed by atoms with Crippen LogP contribution in [0.2, 0.25) is 0 Å². The van der Waals surface area contributed by atoms with E-state index in [4.69, 9.17) is 4.74 Å². The van der Waals surface area contributed by atoms with Gasteiger partial charge in [0.15, 0.2) is 9.84 Å². The summed E-state index contributed by atoms with van der Waals surface area (Å²) in [6, 6.07) is 6.24. The number of ether oxygens (including phenoxy) is 1. The fourth-order valence-corrected chi connectivity index (χ4v) is 4.01. The number of unbranched alkanes of at least 4 members (excludes halogenated alkanes) is 1. The molecular weight excluding hydrogens is 338 g/mol. The molecule has 0 radical (unpaired) electrons. The molecular formula is C19H27NO4S. The van der Waals surface area contributed by atoms with Gasteiger partial charge in [0, 0.05) is 24.9 Å². The van der Waals surface area contributed by atoms with Gasteiger partial charge in [-0.15, -0.1) is 0 Å². The third-order valence-corrected chi connectivity index (χ3v) is 6.16. The van der Waals surface area contributed by atoms with Crippen LogP contribution < -0.4 is 0 Å². The van der Waals surface area contributed by atoms with Crippen molar-refractivity contribution < 1.29 is 17.9 Å². The summed E-state index contributed by atoms with van der Waals surface area (Å²) < 4.78 is 29.4. The number of amides is 1. The van der Waals surface area contributed by atoms with Crippen molar-refractivity contribution in [3.8, 4) is 0 Å². The minimum absolute atomic E-state index is 0.0319. The molecule has 6 heteroatoms. The van der Waals surface area contributed by atoms with Gasteiger partial charge in [-0.2, -0.15) is 0 Å². The van der Waals surface area contributed by atoms with Gasteiger partial charge in [0.25, 0.3) is 5.91 Å². The Hall–Kier alpha value is -1.40. The summed E-state index contributed by atoms with van der Waals surface area (Å²) in [7, 11) is -3.25. The van der Waals surface area contributed by atoms with E-state index >= 15 is 0 Å². The standard InChI is InChI=1S/C19H27NO4S/c1-3-4-5-16-12-20(13-18(24-16)14-6-7-14)19(21)15-8-10-17(11-9-15)25(2,22)23/h8-11,14,16,18H,3-7,12-13H2,1-2H3/t16-,18-/m1/s1. The van der Waals surface area contributed by atoms with Gasteiger partial charge in [-0.1, -0.05) is 19.8 Å². The average Bonchev–Trinajstić information content (AvgIpc) is 3.43. The lowest BCUT2D eigenvalue weighted by Crippen LogP contribution is -2.50. The van der Waals surface area contributed by atoms with E-state index < -0.39 is 9.84 Å². The Morgan fingerprint density at radius 2 is 1.88 bits per heavy atom. The predicted molar refractivity (Wildman–Crippen MR) is 96.4 cm³/mol. The Morgan fingerprint density at radius 3 is 2.44 bits per heavy atom. The van der Waals surface area contributed by atoms with Crippen LogP contribution in [-0.4, -0.2) is 50.8 Å². The topological polar surface area (TPSA) is 63.7 Å². The number of morpholine rings is 1. The molecule has 1 saturated carbocycles. The molecule has 1 heterocycles. The van der Waals surface area contributed by atoms with Crippen LogP contribution in [0.5, 0.6) is 0 Å². The zero-order valence-electron chi connectivity index (χ0n) is 15.0. The van der Waals surface area contributed by atoms with Gasteiger partial charge in [0.05, 0.1) is 17.1 Å². The van der Waals surface area contributed by atoms with Crippen LogP contribution in [0.1, 0.15) is 49.4 Å². The summed E-state index contributed by atoms with van der Waals surface area (Å²) in [5.41, 5.74) is 0.540. The summed E-state index contributed by atoms with van der Waals surface area (Å²) in [5, 5.41) is 0. The number of hydrogen-bond donors (Lipinski definition) is 0. The van der Waals surface area contributed by atoms with Crippen molar-refractivity contribution in [2.24, 2.45) is 5.92 Å². The minimum Gasteiger partial charge on any atom is -0.371 e. The third kappa shape index (κ3) is 4.61. The van der Waals surface area contributed by atoms with E-state index in [0.29, 0.717) is 24.6 Å². The molecule has 0 aromatic heterocycles. The number of carbonyl (C=O) groups excluding carboxylic acids is 1. The van der Waals surface area contributed by atoms with E-state index in [-0.39, 0.29) is 23.0 Å². The number of sulfone groups is 1. The molecule has 0 N–H and O–H groups in total. The molecule has 25 heavy (non-hydrogen) atoms. The molecule has 138 valence electrons. The van der Waals surface area contributed by atoms with Gasteiger partial charge in [0.1, 0.15) is 0 Å². The van der Waals surface area contributed by atoms with Crippen molar-refractivity contribution in [2.75, 3.05) is 19.3 Å². The van der Waals surface area contributed by atoms with E-state index in [2.05, 4.69) is 6.92 Å². The SMILES string of the molecule is CCCC[C@@H]1CN(C(=O)c2ccc(S(C)(=O)=O)cc2)C[C@H](C2CC2)O1. The fraction of sp³-hybridized carbons (Fsp3) is 0.632. The lowest BCUT2D eigenvalue weighted by atomic mass is 10.1. The van der Waals surface area contributed by atoms with Crippen molar-refractivity contribution in [1.29, 1.82) is 0 Å². The highest BCUT2D eigenvalue weighted by Gasteiger charge is 2.39. The van der Waals surface area contributed by atoms with Crippen LogP contribution in [-0.2, 0) is 14.6 Å². The average molecular weight is 365 g/mol. The Morgan fingerprint density at radius 1 is 1.20 bits per heavy atom. The Bertz CT molecular complexity index is 709. The van der Waals surface area contributed by atoms with Gasteiger partial charge in [-0.05, 0) is 49.4 Å². The number of rotatable bonds is 6. The van der Waals surface area contributed by atoms with Gasteiger partial charge < -0.3 is 9.64 Å². The molecule has 1 aliphatic carbocycles. The zero-order valence-corrected chi connectivity index (χ0v) is 15.8.